The zero-order valence-electron chi connectivity index (χ0n) is 14.3. The van der Waals surface area contributed by atoms with E-state index in [0.29, 0.717) is 13.0 Å². The number of aromatic nitrogens is 2. The van der Waals surface area contributed by atoms with Crippen LogP contribution < -0.4 is 0 Å². The van der Waals surface area contributed by atoms with Crippen molar-refractivity contribution in [1.29, 1.82) is 0 Å². The molecular weight excluding hydrogens is 330 g/mol. The molecule has 3 rings (SSSR count). The largest absolute Gasteiger partial charge is 0.341 e. The van der Waals surface area contributed by atoms with Gasteiger partial charge in [0.15, 0.2) is 0 Å². The Morgan fingerprint density at radius 3 is 2.56 bits per heavy atom. The third-order valence-electron chi connectivity index (χ3n) is 4.00. The van der Waals surface area contributed by atoms with Gasteiger partial charge in [-0.15, -0.1) is 11.3 Å². The maximum Gasteiger partial charge on any atom is 0.228 e. The lowest BCUT2D eigenvalue weighted by molar-refractivity contribution is -0.129. The molecule has 25 heavy (non-hydrogen) atoms. The molecular formula is C20H21N3OS. The first-order valence-corrected chi connectivity index (χ1v) is 9.19. The van der Waals surface area contributed by atoms with Crippen LogP contribution in [0.5, 0.6) is 0 Å². The minimum atomic E-state index is 0.0924. The summed E-state index contributed by atoms with van der Waals surface area (Å²) in [5.41, 5.74) is 3.25. The highest BCUT2D eigenvalue weighted by atomic mass is 32.1. The summed E-state index contributed by atoms with van der Waals surface area (Å²) in [5.74, 6) is 0.0924. The molecule has 4 nitrogen and oxygen atoms in total. The van der Waals surface area contributed by atoms with Crippen LogP contribution >= 0.6 is 11.3 Å². The molecule has 0 saturated carbocycles. The third-order valence-corrected chi connectivity index (χ3v) is 4.95. The number of nitrogens with zero attached hydrogens (tertiary/aromatic N) is 3. The van der Waals surface area contributed by atoms with Crippen LogP contribution in [0.4, 0.5) is 0 Å². The summed E-state index contributed by atoms with van der Waals surface area (Å²) in [5, 5.41) is 3.07. The Kier molecular flexibility index (Phi) is 5.90. The highest BCUT2D eigenvalue weighted by Gasteiger charge is 2.12. The van der Waals surface area contributed by atoms with Crippen LogP contribution in [0.2, 0.25) is 0 Å². The Labute approximate surface area is 152 Å². The number of hydrogen-bond donors (Lipinski definition) is 0. The molecule has 1 aromatic carbocycles. The van der Waals surface area contributed by atoms with E-state index in [1.807, 2.05) is 67.3 Å². The van der Waals surface area contributed by atoms with Crippen LogP contribution in [0, 0.1) is 0 Å². The van der Waals surface area contributed by atoms with Gasteiger partial charge >= 0.3 is 0 Å². The number of pyridine rings is 1. The van der Waals surface area contributed by atoms with Crippen LogP contribution in [0.15, 0.2) is 60.2 Å². The molecule has 0 aliphatic heterocycles. The van der Waals surface area contributed by atoms with Gasteiger partial charge in [0, 0.05) is 37.8 Å². The molecule has 0 aliphatic rings. The van der Waals surface area contributed by atoms with E-state index in [-0.39, 0.29) is 5.91 Å². The van der Waals surface area contributed by atoms with Crippen molar-refractivity contribution >= 4 is 17.2 Å². The van der Waals surface area contributed by atoms with Gasteiger partial charge in [0.25, 0.3) is 0 Å². The van der Waals surface area contributed by atoms with Gasteiger partial charge in [-0.2, -0.15) is 0 Å². The van der Waals surface area contributed by atoms with E-state index < -0.39 is 0 Å². The van der Waals surface area contributed by atoms with Crippen molar-refractivity contribution in [2.24, 2.45) is 0 Å². The quantitative estimate of drug-likeness (QED) is 0.654. The number of carbonyl (C=O) groups is 1. The molecule has 0 atom stereocenters. The molecule has 0 unspecified atom stereocenters. The average Bonchev–Trinajstić information content (AvgIpc) is 3.09. The maximum absolute atomic E-state index is 12.4. The highest BCUT2D eigenvalue weighted by molar-refractivity contribution is 7.09. The molecule has 2 aromatic heterocycles. The van der Waals surface area contributed by atoms with Crippen molar-refractivity contribution in [3.8, 4) is 0 Å². The van der Waals surface area contributed by atoms with Gasteiger partial charge in [-0.3, -0.25) is 9.78 Å². The van der Waals surface area contributed by atoms with Crippen molar-refractivity contribution in [3.05, 3.63) is 82.1 Å². The predicted molar refractivity (Wildman–Crippen MR) is 100 cm³/mol. The monoisotopic (exact) mass is 351 g/mol. The number of aryl methyl sites for hydroxylation is 2. The average molecular weight is 351 g/mol. The van der Waals surface area contributed by atoms with Gasteiger partial charge in [0.1, 0.15) is 0 Å². The Hall–Kier alpha value is -2.53. The third kappa shape index (κ3) is 5.22. The fourth-order valence-corrected chi connectivity index (χ4v) is 3.38. The molecule has 0 aliphatic carbocycles. The number of likely N-dealkylation sites (N-methyl/N-ethyl adjacent to an activating group) is 1. The lowest BCUT2D eigenvalue weighted by atomic mass is 10.1. The first-order valence-electron chi connectivity index (χ1n) is 8.31. The number of amides is 1. The molecule has 2 heterocycles. The van der Waals surface area contributed by atoms with Crippen LogP contribution in [-0.2, 0) is 30.6 Å². The summed E-state index contributed by atoms with van der Waals surface area (Å²) in [6, 6.07) is 14.1. The Morgan fingerprint density at radius 2 is 1.80 bits per heavy atom. The zero-order valence-corrected chi connectivity index (χ0v) is 15.1. The number of thiazole rings is 1. The van der Waals surface area contributed by atoms with Gasteiger partial charge < -0.3 is 4.90 Å². The Morgan fingerprint density at radius 1 is 1.04 bits per heavy atom. The minimum Gasteiger partial charge on any atom is -0.341 e. The molecule has 0 spiro atoms. The van der Waals surface area contributed by atoms with E-state index in [0.717, 1.165) is 29.1 Å². The summed E-state index contributed by atoms with van der Waals surface area (Å²) in [6.45, 7) is 0.624. The number of rotatable bonds is 7. The number of benzene rings is 1. The van der Waals surface area contributed by atoms with Crippen molar-refractivity contribution in [2.75, 3.05) is 7.05 Å². The first kappa shape index (κ1) is 17.3. The lowest BCUT2D eigenvalue weighted by Gasteiger charge is -2.16. The second-order valence-electron chi connectivity index (χ2n) is 6.00. The van der Waals surface area contributed by atoms with E-state index in [9.17, 15) is 4.79 Å². The standard InChI is InChI=1S/C20H21N3OS/c1-23(14-17-5-3-2-4-6-17)20(24)13-18-15-25-19(22-18)8-7-16-9-11-21-12-10-16/h2-6,9-12,15H,7-8,13-14H2,1H3. The minimum absolute atomic E-state index is 0.0924. The van der Waals surface area contributed by atoms with Crippen LogP contribution in [0.25, 0.3) is 0 Å². The summed E-state index contributed by atoms with van der Waals surface area (Å²) in [6.07, 6.45) is 5.81. The van der Waals surface area contributed by atoms with E-state index in [4.69, 9.17) is 0 Å². The molecule has 5 heteroatoms. The highest BCUT2D eigenvalue weighted by Crippen LogP contribution is 2.14. The second kappa shape index (κ2) is 8.53. The predicted octanol–water partition coefficient (Wildman–Crippen LogP) is 3.52. The second-order valence-corrected chi connectivity index (χ2v) is 6.94. The van der Waals surface area contributed by atoms with Gasteiger partial charge in [-0.1, -0.05) is 30.3 Å². The zero-order chi connectivity index (χ0) is 17.5. The van der Waals surface area contributed by atoms with E-state index in [2.05, 4.69) is 9.97 Å². The summed E-state index contributed by atoms with van der Waals surface area (Å²) >= 11 is 1.63. The molecule has 0 bridgehead atoms. The summed E-state index contributed by atoms with van der Waals surface area (Å²) in [7, 11) is 1.84. The molecule has 128 valence electrons. The smallest absolute Gasteiger partial charge is 0.228 e. The van der Waals surface area contributed by atoms with Gasteiger partial charge in [-0.25, -0.2) is 4.98 Å². The van der Waals surface area contributed by atoms with E-state index >= 15 is 0 Å². The van der Waals surface area contributed by atoms with Crippen molar-refractivity contribution < 1.29 is 4.79 Å². The van der Waals surface area contributed by atoms with Crippen LogP contribution in [0.1, 0.15) is 21.8 Å². The topological polar surface area (TPSA) is 46.1 Å². The lowest BCUT2D eigenvalue weighted by Crippen LogP contribution is -2.27. The van der Waals surface area contributed by atoms with Crippen molar-refractivity contribution in [2.45, 2.75) is 25.8 Å². The summed E-state index contributed by atoms with van der Waals surface area (Å²) in [4.78, 5) is 22.8. The fraction of sp³-hybridized carbons (Fsp3) is 0.250. The Bertz CT molecular complexity index is 802. The summed E-state index contributed by atoms with van der Waals surface area (Å²) < 4.78 is 0. The molecule has 0 fully saturated rings. The molecule has 1 amide bonds. The number of carbonyl (C=O) groups excluding carboxylic acids is 1. The maximum atomic E-state index is 12.4. The van der Waals surface area contributed by atoms with Gasteiger partial charge in [0.2, 0.25) is 5.91 Å². The van der Waals surface area contributed by atoms with Crippen molar-refractivity contribution in [1.82, 2.24) is 14.9 Å². The SMILES string of the molecule is CN(Cc1ccccc1)C(=O)Cc1csc(CCc2ccncc2)n1. The molecule has 3 aromatic rings. The fourth-order valence-electron chi connectivity index (χ4n) is 2.58. The first-order chi connectivity index (χ1) is 12.2. The van der Waals surface area contributed by atoms with Crippen LogP contribution in [0.3, 0.4) is 0 Å². The van der Waals surface area contributed by atoms with Crippen LogP contribution in [-0.4, -0.2) is 27.8 Å². The van der Waals surface area contributed by atoms with Gasteiger partial charge in [-0.05, 0) is 29.7 Å². The van der Waals surface area contributed by atoms with Gasteiger partial charge in [0.05, 0.1) is 17.1 Å². The Balaban J connectivity index is 1.51. The van der Waals surface area contributed by atoms with E-state index in [1.165, 1.54) is 5.56 Å². The molecule has 0 saturated heterocycles. The molecule has 0 N–H and O–H groups in total. The molecule has 0 radical (unpaired) electrons. The van der Waals surface area contributed by atoms with Crippen molar-refractivity contribution in [3.63, 3.8) is 0 Å². The van der Waals surface area contributed by atoms with E-state index in [1.54, 1.807) is 16.2 Å². The number of hydrogen-bond acceptors (Lipinski definition) is 4. The normalized spacial score (nSPS) is 10.6.